The van der Waals surface area contributed by atoms with Gasteiger partial charge in [0.25, 0.3) is 0 Å². The van der Waals surface area contributed by atoms with Crippen LogP contribution in [0.3, 0.4) is 0 Å². The average Bonchev–Trinajstić information content (AvgIpc) is 3.11. The molecule has 2 N–H and O–H groups in total. The van der Waals surface area contributed by atoms with Crippen LogP contribution < -0.4 is 5.73 Å². The SMILES string of the molecule is [B]C([B])([B])OC1CCC(C)(C2(c3cc(-c4cncc(C#CC)c4)ccc3C)N=C(C)C(N)=N2)CC1. The van der Waals surface area contributed by atoms with Gasteiger partial charge < -0.3 is 10.5 Å². The Balaban J connectivity index is 1.78. The first-order chi connectivity index (χ1) is 16.5. The molecule has 1 aromatic heterocycles. The summed E-state index contributed by atoms with van der Waals surface area (Å²) in [5.41, 5.74) is 11.0. The Hall–Kier alpha value is -2.78. The van der Waals surface area contributed by atoms with Crippen molar-refractivity contribution in [3.05, 3.63) is 53.3 Å². The summed E-state index contributed by atoms with van der Waals surface area (Å²) in [5, 5.41) is -1.64. The second kappa shape index (κ2) is 9.35. The summed E-state index contributed by atoms with van der Waals surface area (Å²) in [7, 11) is 17.1. The van der Waals surface area contributed by atoms with Gasteiger partial charge in [0.15, 0.2) is 5.66 Å². The molecule has 8 heteroatoms. The standard InChI is InChI=1S/C27H29B3N4O/c1-5-6-19-13-21(16-32-15-19)20-8-7-17(2)23(14-20)26(33-18(3)24(31)34-26)25(4)11-9-22(10-12-25)35-27(28,29)30/h7-8,13-16,22H,9-12H2,1-4H3,(H2,31,34). The molecule has 5 nitrogen and oxygen atoms in total. The van der Waals surface area contributed by atoms with Crippen LogP contribution in [-0.4, -0.2) is 51.5 Å². The summed E-state index contributed by atoms with van der Waals surface area (Å²) in [5.74, 6) is 6.49. The van der Waals surface area contributed by atoms with Crippen molar-refractivity contribution in [2.45, 2.75) is 70.4 Å². The smallest absolute Gasteiger partial charge is 0.184 e. The van der Waals surface area contributed by atoms with Gasteiger partial charge in [-0.3, -0.25) is 9.98 Å². The Kier molecular flexibility index (Phi) is 6.77. The molecule has 0 spiro atoms. The number of amidine groups is 1. The third kappa shape index (κ3) is 4.97. The largest absolute Gasteiger partial charge is 0.400 e. The number of nitrogens with two attached hydrogens (primary N) is 1. The first-order valence-corrected chi connectivity index (χ1v) is 11.9. The van der Waals surface area contributed by atoms with Gasteiger partial charge in [-0.1, -0.05) is 25.0 Å². The molecule has 6 radical (unpaired) electrons. The molecule has 0 amide bonds. The van der Waals surface area contributed by atoms with E-state index in [-0.39, 0.29) is 11.5 Å². The molecular weight excluding hydrogens is 429 g/mol. The minimum atomic E-state index is -1.64. The number of benzene rings is 1. The highest BCUT2D eigenvalue weighted by molar-refractivity contribution is 6.58. The zero-order valence-corrected chi connectivity index (χ0v) is 20.9. The van der Waals surface area contributed by atoms with Crippen molar-refractivity contribution >= 4 is 35.1 Å². The van der Waals surface area contributed by atoms with Crippen molar-refractivity contribution < 1.29 is 4.74 Å². The second-order valence-electron chi connectivity index (χ2n) is 9.96. The molecule has 1 aliphatic carbocycles. The lowest BCUT2D eigenvalue weighted by Gasteiger charge is -2.48. The molecule has 2 aliphatic rings. The summed E-state index contributed by atoms with van der Waals surface area (Å²) >= 11 is 0. The summed E-state index contributed by atoms with van der Waals surface area (Å²) < 4.78 is 5.67. The topological polar surface area (TPSA) is 72.9 Å². The van der Waals surface area contributed by atoms with Gasteiger partial charge in [-0.2, -0.15) is 0 Å². The van der Waals surface area contributed by atoms with Crippen LogP contribution in [-0.2, 0) is 10.4 Å². The highest BCUT2D eigenvalue weighted by atomic mass is 16.5. The van der Waals surface area contributed by atoms with Crippen molar-refractivity contribution in [1.82, 2.24) is 4.98 Å². The number of aliphatic imine (C=N–C) groups is 2. The van der Waals surface area contributed by atoms with E-state index in [0.717, 1.165) is 59.2 Å². The van der Waals surface area contributed by atoms with Crippen LogP contribution in [0.15, 0.2) is 46.6 Å². The molecule has 0 bridgehead atoms. The fourth-order valence-electron chi connectivity index (χ4n) is 5.27. The fourth-order valence-corrected chi connectivity index (χ4v) is 5.27. The predicted octanol–water partition coefficient (Wildman–Crippen LogP) is 3.50. The number of pyridine rings is 1. The molecule has 1 aliphatic heterocycles. The van der Waals surface area contributed by atoms with Crippen LogP contribution in [0.4, 0.5) is 0 Å². The monoisotopic (exact) mass is 458 g/mol. The molecule has 0 saturated heterocycles. The number of ether oxygens (including phenoxy) is 1. The van der Waals surface area contributed by atoms with E-state index in [9.17, 15) is 0 Å². The Morgan fingerprint density at radius 1 is 1.06 bits per heavy atom. The molecule has 1 atom stereocenters. The van der Waals surface area contributed by atoms with Gasteiger partial charge >= 0.3 is 0 Å². The first-order valence-electron chi connectivity index (χ1n) is 11.9. The van der Waals surface area contributed by atoms with Crippen molar-refractivity contribution in [2.24, 2.45) is 21.1 Å². The molecule has 1 saturated carbocycles. The molecule has 1 fully saturated rings. The molecule has 1 aromatic carbocycles. The van der Waals surface area contributed by atoms with Crippen molar-refractivity contribution in [2.75, 3.05) is 0 Å². The Morgan fingerprint density at radius 2 is 1.77 bits per heavy atom. The van der Waals surface area contributed by atoms with E-state index in [4.69, 9.17) is 44.0 Å². The van der Waals surface area contributed by atoms with Gasteiger partial charge in [-0.15, -0.1) is 5.92 Å². The van der Waals surface area contributed by atoms with Crippen LogP contribution >= 0.6 is 0 Å². The number of nitrogens with zero attached hydrogens (tertiary/aromatic N) is 3. The van der Waals surface area contributed by atoms with Crippen LogP contribution in [0.5, 0.6) is 0 Å². The molecule has 2 aromatic rings. The molecule has 2 heterocycles. The Labute approximate surface area is 212 Å². The Morgan fingerprint density at radius 3 is 2.37 bits per heavy atom. The second-order valence-corrected chi connectivity index (χ2v) is 9.96. The van der Waals surface area contributed by atoms with E-state index in [1.807, 2.05) is 26.1 Å². The fraction of sp³-hybridized carbons (Fsp3) is 0.444. The maximum Gasteiger partial charge on any atom is 0.184 e. The van der Waals surface area contributed by atoms with Crippen molar-refractivity contribution in [1.29, 1.82) is 0 Å². The van der Waals surface area contributed by atoms with Crippen LogP contribution in [0, 0.1) is 24.2 Å². The summed E-state index contributed by atoms with van der Waals surface area (Å²) in [4.78, 5) is 14.6. The van der Waals surface area contributed by atoms with E-state index >= 15 is 0 Å². The maximum atomic E-state index is 6.34. The van der Waals surface area contributed by atoms with Gasteiger partial charge in [0, 0.05) is 34.5 Å². The number of hydrogen-bond donors (Lipinski definition) is 1. The van der Waals surface area contributed by atoms with Crippen LogP contribution in [0.1, 0.15) is 63.1 Å². The van der Waals surface area contributed by atoms with Gasteiger partial charge in [0.2, 0.25) is 0 Å². The average molecular weight is 458 g/mol. The predicted molar refractivity (Wildman–Crippen MR) is 145 cm³/mol. The minimum absolute atomic E-state index is 0.117. The molecule has 4 rings (SSSR count). The number of aromatic nitrogens is 1. The highest BCUT2D eigenvalue weighted by Gasteiger charge is 2.54. The minimum Gasteiger partial charge on any atom is -0.400 e. The molecule has 35 heavy (non-hydrogen) atoms. The summed E-state index contributed by atoms with van der Waals surface area (Å²) in [6, 6.07) is 8.44. The number of aryl methyl sites for hydroxylation is 1. The highest BCUT2D eigenvalue weighted by Crippen LogP contribution is 2.55. The number of hydrogen-bond acceptors (Lipinski definition) is 5. The van der Waals surface area contributed by atoms with Gasteiger partial charge in [0.05, 0.1) is 35.4 Å². The van der Waals surface area contributed by atoms with E-state index in [0.29, 0.717) is 5.84 Å². The van der Waals surface area contributed by atoms with E-state index in [1.54, 1.807) is 6.20 Å². The molecule has 172 valence electrons. The molecular formula is C27H29B3N4O. The third-order valence-electron chi connectivity index (χ3n) is 7.19. The van der Waals surface area contributed by atoms with E-state index < -0.39 is 11.0 Å². The maximum absolute atomic E-state index is 6.34. The van der Waals surface area contributed by atoms with Gasteiger partial charge in [-0.05, 0) is 75.0 Å². The van der Waals surface area contributed by atoms with E-state index in [2.05, 4.69) is 48.9 Å². The van der Waals surface area contributed by atoms with Crippen molar-refractivity contribution in [3.63, 3.8) is 0 Å². The van der Waals surface area contributed by atoms with Crippen LogP contribution in [0.25, 0.3) is 11.1 Å². The quantitative estimate of drug-likeness (QED) is 0.551. The summed E-state index contributed by atoms with van der Waals surface area (Å²) in [6.07, 6.45) is 6.60. The van der Waals surface area contributed by atoms with Gasteiger partial charge in [-0.25, -0.2) is 4.99 Å². The summed E-state index contributed by atoms with van der Waals surface area (Å²) in [6.45, 7) is 8.06. The first kappa shape index (κ1) is 25.3. The lowest BCUT2D eigenvalue weighted by Crippen LogP contribution is -2.46. The molecule has 1 unspecified atom stereocenters. The number of rotatable bonds is 5. The van der Waals surface area contributed by atoms with Crippen molar-refractivity contribution in [3.8, 4) is 23.0 Å². The lowest BCUT2D eigenvalue weighted by molar-refractivity contribution is -0.0258. The Bertz CT molecular complexity index is 1230. The normalized spacial score (nSPS) is 26.5. The zero-order valence-electron chi connectivity index (χ0n) is 20.9. The van der Waals surface area contributed by atoms with Crippen LogP contribution in [0.2, 0.25) is 0 Å². The van der Waals surface area contributed by atoms with E-state index in [1.165, 1.54) is 0 Å². The lowest BCUT2D eigenvalue weighted by atomic mass is 9.52. The third-order valence-corrected chi connectivity index (χ3v) is 7.19. The van der Waals surface area contributed by atoms with Gasteiger partial charge in [0.1, 0.15) is 5.84 Å². The zero-order chi connectivity index (χ0) is 25.4.